The molecule has 0 aliphatic heterocycles. The third kappa shape index (κ3) is 3.21. The highest BCUT2D eigenvalue weighted by molar-refractivity contribution is 6.29. The Morgan fingerprint density at radius 1 is 1.33 bits per heavy atom. The number of alkyl halides is 1. The van der Waals surface area contributed by atoms with Crippen molar-refractivity contribution in [3.05, 3.63) is 23.1 Å². The number of carbonyl (C=O) groups excluding carboxylic acids is 1. The van der Waals surface area contributed by atoms with Gasteiger partial charge in [-0.25, -0.2) is 0 Å². The van der Waals surface area contributed by atoms with Crippen LogP contribution in [0.2, 0.25) is 5.22 Å². The van der Waals surface area contributed by atoms with Gasteiger partial charge in [0.25, 0.3) is 5.91 Å². The van der Waals surface area contributed by atoms with Gasteiger partial charge in [-0.2, -0.15) is 0 Å². The van der Waals surface area contributed by atoms with E-state index in [2.05, 4.69) is 0 Å². The maximum absolute atomic E-state index is 12.4. The summed E-state index contributed by atoms with van der Waals surface area (Å²) >= 11 is 11.5. The van der Waals surface area contributed by atoms with Gasteiger partial charge in [-0.15, -0.1) is 11.6 Å². The van der Waals surface area contributed by atoms with Crippen molar-refractivity contribution in [2.24, 2.45) is 0 Å². The summed E-state index contributed by atoms with van der Waals surface area (Å²) in [4.78, 5) is 14.2. The van der Waals surface area contributed by atoms with Gasteiger partial charge in [0.1, 0.15) is 0 Å². The Hall–Kier alpha value is -0.670. The van der Waals surface area contributed by atoms with E-state index in [9.17, 15) is 4.79 Å². The molecule has 100 valence electrons. The number of hydrogen-bond donors (Lipinski definition) is 0. The second-order valence-corrected chi connectivity index (χ2v) is 5.33. The van der Waals surface area contributed by atoms with E-state index in [0.29, 0.717) is 18.2 Å². The van der Waals surface area contributed by atoms with Crippen molar-refractivity contribution in [1.82, 2.24) is 4.90 Å². The van der Waals surface area contributed by atoms with E-state index < -0.39 is 0 Å². The van der Waals surface area contributed by atoms with Crippen LogP contribution in [-0.4, -0.2) is 29.3 Å². The Balaban J connectivity index is 2.10. The van der Waals surface area contributed by atoms with Gasteiger partial charge in [0.05, 0.1) is 0 Å². The molecule has 1 heterocycles. The van der Waals surface area contributed by atoms with Gasteiger partial charge in [-0.05, 0) is 36.6 Å². The van der Waals surface area contributed by atoms with Gasteiger partial charge in [-0.3, -0.25) is 4.79 Å². The molecule has 1 aliphatic carbocycles. The van der Waals surface area contributed by atoms with E-state index in [4.69, 9.17) is 27.6 Å². The fourth-order valence-corrected chi connectivity index (χ4v) is 2.83. The molecule has 1 saturated carbocycles. The summed E-state index contributed by atoms with van der Waals surface area (Å²) in [5.74, 6) is 0.640. The zero-order valence-corrected chi connectivity index (χ0v) is 11.7. The summed E-state index contributed by atoms with van der Waals surface area (Å²) in [6.07, 6.45) is 5.71. The van der Waals surface area contributed by atoms with Crippen LogP contribution in [0.1, 0.15) is 42.7 Å². The molecule has 5 heteroatoms. The number of carbonyl (C=O) groups is 1. The van der Waals surface area contributed by atoms with E-state index in [1.54, 1.807) is 12.1 Å². The minimum atomic E-state index is -0.102. The molecule has 1 aliphatic rings. The van der Waals surface area contributed by atoms with Crippen LogP contribution in [0.5, 0.6) is 0 Å². The fourth-order valence-electron chi connectivity index (χ4n) is 2.50. The summed E-state index contributed by atoms with van der Waals surface area (Å²) < 4.78 is 5.19. The first-order valence-electron chi connectivity index (χ1n) is 6.34. The van der Waals surface area contributed by atoms with Crippen molar-refractivity contribution in [2.45, 2.75) is 38.1 Å². The van der Waals surface area contributed by atoms with E-state index >= 15 is 0 Å². The van der Waals surface area contributed by atoms with Gasteiger partial charge < -0.3 is 9.32 Å². The number of hydrogen-bond acceptors (Lipinski definition) is 2. The molecule has 0 saturated heterocycles. The molecule has 0 aromatic carbocycles. The van der Waals surface area contributed by atoms with Crippen LogP contribution in [0, 0.1) is 0 Å². The molecule has 3 nitrogen and oxygen atoms in total. The summed E-state index contributed by atoms with van der Waals surface area (Å²) in [6, 6.07) is 3.50. The lowest BCUT2D eigenvalue weighted by Crippen LogP contribution is -2.42. The third-order valence-electron chi connectivity index (χ3n) is 3.39. The average molecular weight is 290 g/mol. The molecule has 0 bridgehead atoms. The average Bonchev–Trinajstić information content (AvgIpc) is 2.83. The SMILES string of the molecule is O=C(c1ccc(Cl)o1)N(CCCl)C1CCCCC1. The topological polar surface area (TPSA) is 33.5 Å². The number of halogens is 2. The highest BCUT2D eigenvalue weighted by atomic mass is 35.5. The largest absolute Gasteiger partial charge is 0.440 e. The Labute approximate surface area is 117 Å². The lowest BCUT2D eigenvalue weighted by molar-refractivity contribution is 0.0617. The molecule has 2 rings (SSSR count). The monoisotopic (exact) mass is 289 g/mol. The van der Waals surface area contributed by atoms with Gasteiger partial charge in [0.2, 0.25) is 0 Å². The lowest BCUT2D eigenvalue weighted by Gasteiger charge is -2.33. The first-order chi connectivity index (χ1) is 8.72. The smallest absolute Gasteiger partial charge is 0.289 e. The number of rotatable bonds is 4. The molecule has 1 aromatic rings. The normalized spacial score (nSPS) is 16.8. The van der Waals surface area contributed by atoms with Crippen molar-refractivity contribution < 1.29 is 9.21 Å². The zero-order valence-electron chi connectivity index (χ0n) is 10.2. The van der Waals surface area contributed by atoms with Gasteiger partial charge in [-0.1, -0.05) is 19.3 Å². The maximum atomic E-state index is 12.4. The van der Waals surface area contributed by atoms with Crippen LogP contribution in [0.3, 0.4) is 0 Å². The Morgan fingerprint density at radius 3 is 2.61 bits per heavy atom. The molecule has 0 unspecified atom stereocenters. The second kappa shape index (κ2) is 6.48. The van der Waals surface area contributed by atoms with Crippen LogP contribution in [0.15, 0.2) is 16.5 Å². The predicted molar refractivity (Wildman–Crippen MR) is 72.3 cm³/mol. The Bertz CT molecular complexity index is 399. The first-order valence-corrected chi connectivity index (χ1v) is 7.26. The molecule has 18 heavy (non-hydrogen) atoms. The van der Waals surface area contributed by atoms with Gasteiger partial charge in [0, 0.05) is 18.5 Å². The van der Waals surface area contributed by atoms with Crippen LogP contribution in [0.4, 0.5) is 0 Å². The minimum absolute atomic E-state index is 0.102. The highest BCUT2D eigenvalue weighted by Crippen LogP contribution is 2.25. The molecule has 1 fully saturated rings. The molecular formula is C13H17Cl2NO2. The molecule has 0 spiro atoms. The molecule has 1 amide bonds. The van der Waals surface area contributed by atoms with E-state index in [0.717, 1.165) is 12.8 Å². The van der Waals surface area contributed by atoms with Crippen molar-refractivity contribution in [2.75, 3.05) is 12.4 Å². The fraction of sp³-hybridized carbons (Fsp3) is 0.615. The quantitative estimate of drug-likeness (QED) is 0.787. The molecule has 0 atom stereocenters. The Kier molecular flexibility index (Phi) is 4.95. The van der Waals surface area contributed by atoms with E-state index in [1.165, 1.54) is 19.3 Å². The Morgan fingerprint density at radius 2 is 2.06 bits per heavy atom. The molecular weight excluding hydrogens is 273 g/mol. The van der Waals surface area contributed by atoms with Crippen molar-refractivity contribution in [3.8, 4) is 0 Å². The van der Waals surface area contributed by atoms with Gasteiger partial charge >= 0.3 is 0 Å². The van der Waals surface area contributed by atoms with Crippen LogP contribution >= 0.6 is 23.2 Å². The zero-order chi connectivity index (χ0) is 13.0. The van der Waals surface area contributed by atoms with Crippen molar-refractivity contribution >= 4 is 29.1 Å². The lowest BCUT2D eigenvalue weighted by atomic mass is 9.94. The van der Waals surface area contributed by atoms with Crippen molar-refractivity contribution in [1.29, 1.82) is 0 Å². The van der Waals surface area contributed by atoms with Crippen LogP contribution in [-0.2, 0) is 0 Å². The summed E-state index contributed by atoms with van der Waals surface area (Å²) in [6.45, 7) is 0.559. The molecule has 0 radical (unpaired) electrons. The van der Waals surface area contributed by atoms with Gasteiger partial charge in [0.15, 0.2) is 11.0 Å². The summed E-state index contributed by atoms with van der Waals surface area (Å²) in [5.41, 5.74) is 0. The minimum Gasteiger partial charge on any atom is -0.440 e. The molecule has 1 aromatic heterocycles. The number of furan rings is 1. The summed E-state index contributed by atoms with van der Waals surface area (Å²) in [5, 5.41) is 0.243. The molecule has 0 N–H and O–H groups in total. The van der Waals surface area contributed by atoms with Crippen molar-refractivity contribution in [3.63, 3.8) is 0 Å². The van der Waals surface area contributed by atoms with Crippen LogP contribution in [0.25, 0.3) is 0 Å². The standard InChI is InChI=1S/C13H17Cl2NO2/c14-8-9-16(10-4-2-1-3-5-10)13(17)11-6-7-12(15)18-11/h6-7,10H,1-5,8-9H2. The maximum Gasteiger partial charge on any atom is 0.289 e. The second-order valence-electron chi connectivity index (χ2n) is 4.58. The number of nitrogens with zero attached hydrogens (tertiary/aromatic N) is 1. The van der Waals surface area contributed by atoms with E-state index in [1.807, 2.05) is 4.90 Å². The third-order valence-corrected chi connectivity index (χ3v) is 3.76. The van der Waals surface area contributed by atoms with E-state index in [-0.39, 0.29) is 17.2 Å². The predicted octanol–water partition coefficient (Wildman–Crippen LogP) is 3.95. The van der Waals surface area contributed by atoms with Crippen LogP contribution < -0.4 is 0 Å². The summed E-state index contributed by atoms with van der Waals surface area (Å²) in [7, 11) is 0. The number of amides is 1. The highest BCUT2D eigenvalue weighted by Gasteiger charge is 2.27. The first kappa shape index (κ1) is 13.8.